The fraction of sp³-hybridized carbons (Fsp3) is 0. The van der Waals surface area contributed by atoms with Crippen molar-refractivity contribution in [3.05, 3.63) is 46.6 Å². The van der Waals surface area contributed by atoms with Crippen LogP contribution in [0.1, 0.15) is 10.5 Å². The van der Waals surface area contributed by atoms with Crippen LogP contribution in [0.15, 0.2) is 36.5 Å². The predicted molar refractivity (Wildman–Crippen MR) is 74.4 cm³/mol. The van der Waals surface area contributed by atoms with E-state index in [9.17, 15) is 4.79 Å². The molecule has 0 aromatic carbocycles. The van der Waals surface area contributed by atoms with E-state index in [1.165, 1.54) is 28.3 Å². The molecule has 3 aromatic rings. The monoisotopic (exact) mass is 306 g/mol. The molecule has 8 heteroatoms. The summed E-state index contributed by atoms with van der Waals surface area (Å²) in [6.07, 6.45) is 1.53. The van der Waals surface area contributed by atoms with Crippen molar-refractivity contribution in [1.29, 1.82) is 0 Å². The van der Waals surface area contributed by atoms with Gasteiger partial charge in [0.15, 0.2) is 11.5 Å². The number of aromatic nitrogens is 4. The van der Waals surface area contributed by atoms with Gasteiger partial charge in [-0.1, -0.05) is 11.6 Å². The zero-order chi connectivity index (χ0) is 14.1. The minimum absolute atomic E-state index is 0.0600. The molecule has 3 rings (SSSR count). The van der Waals surface area contributed by atoms with Gasteiger partial charge in [0.2, 0.25) is 0 Å². The van der Waals surface area contributed by atoms with Crippen LogP contribution in [0.2, 0.25) is 4.34 Å². The molecule has 3 aromatic heterocycles. The van der Waals surface area contributed by atoms with E-state index < -0.39 is 5.97 Å². The van der Waals surface area contributed by atoms with Crippen molar-refractivity contribution in [2.24, 2.45) is 0 Å². The van der Waals surface area contributed by atoms with Gasteiger partial charge in [-0.15, -0.1) is 16.4 Å². The fourth-order valence-electron chi connectivity index (χ4n) is 1.69. The number of aromatic carboxylic acids is 1. The number of hydrogen-bond donors (Lipinski definition) is 1. The van der Waals surface area contributed by atoms with Crippen molar-refractivity contribution in [2.75, 3.05) is 0 Å². The number of rotatable bonds is 3. The molecule has 0 unspecified atom stereocenters. The standard InChI is InChI=1S/C12H7ClN4O2S/c13-10-4-3-9(20-10)8-6-7(12(18)19)16-17(8)11-2-1-5-14-15-11/h1-6H,(H,18,19). The SMILES string of the molecule is O=C(O)c1cc(-c2ccc(Cl)s2)n(-c2cccnn2)n1. The van der Waals surface area contributed by atoms with Gasteiger partial charge in [0.05, 0.1) is 14.9 Å². The van der Waals surface area contributed by atoms with Crippen LogP contribution < -0.4 is 0 Å². The highest BCUT2D eigenvalue weighted by molar-refractivity contribution is 7.19. The minimum atomic E-state index is -1.10. The van der Waals surface area contributed by atoms with Gasteiger partial charge < -0.3 is 5.11 Å². The largest absolute Gasteiger partial charge is 0.476 e. The van der Waals surface area contributed by atoms with Gasteiger partial charge in [-0.05, 0) is 24.3 Å². The Morgan fingerprint density at radius 3 is 2.80 bits per heavy atom. The first-order chi connectivity index (χ1) is 9.65. The lowest BCUT2D eigenvalue weighted by Crippen LogP contribution is -2.04. The maximum atomic E-state index is 11.1. The van der Waals surface area contributed by atoms with Crippen LogP contribution in [0.4, 0.5) is 0 Å². The van der Waals surface area contributed by atoms with Crippen molar-refractivity contribution in [1.82, 2.24) is 20.0 Å². The zero-order valence-electron chi connectivity index (χ0n) is 9.89. The van der Waals surface area contributed by atoms with Crippen molar-refractivity contribution in [3.8, 4) is 16.4 Å². The van der Waals surface area contributed by atoms with Crippen LogP contribution in [-0.2, 0) is 0 Å². The smallest absolute Gasteiger partial charge is 0.356 e. The minimum Gasteiger partial charge on any atom is -0.476 e. The Balaban J connectivity index is 2.20. The predicted octanol–water partition coefficient (Wildman–Crippen LogP) is 2.74. The van der Waals surface area contributed by atoms with E-state index in [-0.39, 0.29) is 5.69 Å². The highest BCUT2D eigenvalue weighted by atomic mass is 35.5. The highest BCUT2D eigenvalue weighted by Crippen LogP contribution is 2.32. The van der Waals surface area contributed by atoms with Gasteiger partial charge in [0.25, 0.3) is 0 Å². The number of halogens is 1. The second-order valence-corrected chi connectivity index (χ2v) is 5.53. The Hall–Kier alpha value is -2.25. The van der Waals surface area contributed by atoms with Gasteiger partial charge in [0, 0.05) is 12.3 Å². The van der Waals surface area contributed by atoms with Crippen molar-refractivity contribution >= 4 is 28.9 Å². The van der Waals surface area contributed by atoms with Gasteiger partial charge in [-0.25, -0.2) is 9.48 Å². The van der Waals surface area contributed by atoms with Crippen molar-refractivity contribution < 1.29 is 9.90 Å². The van der Waals surface area contributed by atoms with Gasteiger partial charge >= 0.3 is 5.97 Å². The molecule has 0 aliphatic carbocycles. The summed E-state index contributed by atoms with van der Waals surface area (Å²) in [5, 5.41) is 20.8. The number of carboxylic acid groups (broad SMARTS) is 1. The lowest BCUT2D eigenvalue weighted by molar-refractivity contribution is 0.0690. The number of hydrogen-bond acceptors (Lipinski definition) is 5. The van der Waals surface area contributed by atoms with E-state index in [1.54, 1.807) is 18.2 Å². The molecule has 6 nitrogen and oxygen atoms in total. The first-order valence-electron chi connectivity index (χ1n) is 5.52. The van der Waals surface area contributed by atoms with Gasteiger partial charge in [0.1, 0.15) is 0 Å². The molecule has 0 bridgehead atoms. The number of nitrogens with zero attached hydrogens (tertiary/aromatic N) is 4. The van der Waals surface area contributed by atoms with E-state index in [4.69, 9.17) is 16.7 Å². The molecule has 0 saturated carbocycles. The van der Waals surface area contributed by atoms with E-state index >= 15 is 0 Å². The van der Waals surface area contributed by atoms with Crippen LogP contribution in [-0.4, -0.2) is 31.1 Å². The molecule has 20 heavy (non-hydrogen) atoms. The molecule has 0 aliphatic heterocycles. The fourth-order valence-corrected chi connectivity index (χ4v) is 2.74. The quantitative estimate of drug-likeness (QED) is 0.804. The normalized spacial score (nSPS) is 10.7. The van der Waals surface area contributed by atoms with Gasteiger partial charge in [-0.2, -0.15) is 10.2 Å². The van der Waals surface area contributed by atoms with Crippen LogP contribution >= 0.6 is 22.9 Å². The molecule has 0 amide bonds. The summed E-state index contributed by atoms with van der Waals surface area (Å²) in [5.74, 6) is -0.656. The molecule has 0 fully saturated rings. The lowest BCUT2D eigenvalue weighted by atomic mass is 10.3. The van der Waals surface area contributed by atoms with Crippen molar-refractivity contribution in [3.63, 3.8) is 0 Å². The summed E-state index contributed by atoms with van der Waals surface area (Å²) in [4.78, 5) is 11.9. The first kappa shape index (κ1) is 12.8. The molecule has 0 atom stereocenters. The van der Waals surface area contributed by atoms with Crippen LogP contribution in [0.5, 0.6) is 0 Å². The third-order valence-corrected chi connectivity index (χ3v) is 3.78. The Kier molecular flexibility index (Phi) is 3.21. The Morgan fingerprint density at radius 1 is 1.35 bits per heavy atom. The molecular weight excluding hydrogens is 300 g/mol. The molecule has 1 N–H and O–H groups in total. The average Bonchev–Trinajstić information content (AvgIpc) is 3.05. The summed E-state index contributed by atoms with van der Waals surface area (Å²) < 4.78 is 2.06. The number of thiophene rings is 1. The maximum Gasteiger partial charge on any atom is 0.356 e. The third kappa shape index (κ3) is 2.28. The molecular formula is C12H7ClN4O2S. The van der Waals surface area contributed by atoms with Crippen LogP contribution in [0.25, 0.3) is 16.4 Å². The maximum absolute atomic E-state index is 11.1. The average molecular weight is 307 g/mol. The van der Waals surface area contributed by atoms with E-state index in [0.717, 1.165) is 4.88 Å². The third-order valence-electron chi connectivity index (χ3n) is 2.53. The Morgan fingerprint density at radius 2 is 2.20 bits per heavy atom. The second-order valence-electron chi connectivity index (χ2n) is 3.82. The zero-order valence-corrected chi connectivity index (χ0v) is 11.5. The first-order valence-corrected chi connectivity index (χ1v) is 6.72. The Labute approximate surface area is 122 Å². The van der Waals surface area contributed by atoms with Gasteiger partial charge in [-0.3, -0.25) is 0 Å². The Bertz CT molecular complexity index is 769. The summed E-state index contributed by atoms with van der Waals surface area (Å²) >= 11 is 7.26. The number of carbonyl (C=O) groups is 1. The number of carboxylic acids is 1. The topological polar surface area (TPSA) is 80.9 Å². The van der Waals surface area contributed by atoms with E-state index in [0.29, 0.717) is 15.8 Å². The second kappa shape index (κ2) is 5.03. The molecule has 100 valence electrons. The summed E-state index contributed by atoms with van der Waals surface area (Å²) in [5.41, 5.74) is 0.551. The van der Waals surface area contributed by atoms with Crippen molar-refractivity contribution in [2.45, 2.75) is 0 Å². The molecule has 0 spiro atoms. The summed E-state index contributed by atoms with van der Waals surface area (Å²) in [6, 6.07) is 8.44. The summed E-state index contributed by atoms with van der Waals surface area (Å²) in [7, 11) is 0. The van der Waals surface area contributed by atoms with E-state index in [2.05, 4.69) is 15.3 Å². The van der Waals surface area contributed by atoms with Crippen LogP contribution in [0.3, 0.4) is 0 Å². The molecule has 3 heterocycles. The van der Waals surface area contributed by atoms with E-state index in [1.807, 2.05) is 6.07 Å². The molecule has 0 saturated heterocycles. The highest BCUT2D eigenvalue weighted by Gasteiger charge is 2.17. The molecule has 0 radical (unpaired) electrons. The lowest BCUT2D eigenvalue weighted by Gasteiger charge is -2.03. The molecule has 0 aliphatic rings. The summed E-state index contributed by atoms with van der Waals surface area (Å²) in [6.45, 7) is 0. The van der Waals surface area contributed by atoms with Crippen LogP contribution in [0, 0.1) is 0 Å².